The smallest absolute Gasteiger partial charge is 0.256 e. The summed E-state index contributed by atoms with van der Waals surface area (Å²) in [5.41, 5.74) is 25.5. The van der Waals surface area contributed by atoms with E-state index in [0.29, 0.717) is 0 Å². The largest absolute Gasteiger partial charge is 0.458 e. The van der Waals surface area contributed by atoms with E-state index >= 15 is 0 Å². The summed E-state index contributed by atoms with van der Waals surface area (Å²) in [4.78, 5) is 0. The van der Waals surface area contributed by atoms with Gasteiger partial charge in [-0.25, -0.2) is 0 Å². The minimum Gasteiger partial charge on any atom is -0.458 e. The van der Waals surface area contributed by atoms with Crippen molar-refractivity contribution in [3.8, 4) is 67.8 Å². The Bertz CT molecular complexity index is 4830. The van der Waals surface area contributed by atoms with Gasteiger partial charge in [-0.2, -0.15) is 0 Å². The highest BCUT2D eigenvalue weighted by atomic mass is 16.5. The second kappa shape index (κ2) is 16.4. The number of fused-ring (bicyclic) bond motifs is 14. The lowest BCUT2D eigenvalue weighted by atomic mass is 9.34. The molecule has 6 heterocycles. The Morgan fingerprint density at radius 3 is 1.44 bits per heavy atom. The van der Waals surface area contributed by atoms with Gasteiger partial charge in [0.25, 0.3) is 13.4 Å². The van der Waals surface area contributed by atoms with Crippen molar-refractivity contribution in [2.75, 3.05) is 0 Å². The van der Waals surface area contributed by atoms with E-state index < -0.39 is 0 Å². The molecule has 4 aliphatic rings. The molecule has 80 heavy (non-hydrogen) atoms. The van der Waals surface area contributed by atoms with Gasteiger partial charge in [0, 0.05) is 44.0 Å². The number of benzene rings is 11. The molecular weight excluding hydrogens is 970 g/mol. The summed E-state index contributed by atoms with van der Waals surface area (Å²) in [5.74, 6) is 3.73. The van der Waals surface area contributed by atoms with E-state index in [4.69, 9.17) is 9.47 Å². The van der Waals surface area contributed by atoms with Crippen molar-refractivity contribution in [1.29, 1.82) is 0 Å². The fourth-order valence-corrected chi connectivity index (χ4v) is 14.6. The third-order valence-corrected chi connectivity index (χ3v) is 18.4. The van der Waals surface area contributed by atoms with Crippen LogP contribution in [0.4, 0.5) is 0 Å². The van der Waals surface area contributed by atoms with Gasteiger partial charge in [-0.05, 0) is 149 Å². The summed E-state index contributed by atoms with van der Waals surface area (Å²) < 4.78 is 19.4. The van der Waals surface area contributed by atoms with Gasteiger partial charge in [0.2, 0.25) is 0 Å². The van der Waals surface area contributed by atoms with Gasteiger partial charge in [0.05, 0.1) is 11.0 Å². The summed E-state index contributed by atoms with van der Waals surface area (Å²) in [7, 11) is 0. The van der Waals surface area contributed by atoms with Gasteiger partial charge >= 0.3 is 0 Å². The fraction of sp³-hybridized carbons (Fsp3) is 0.108. The highest BCUT2D eigenvalue weighted by molar-refractivity contribution is 7.00. The first-order valence-corrected chi connectivity index (χ1v) is 28.3. The van der Waals surface area contributed by atoms with E-state index in [-0.39, 0.29) is 24.3 Å². The van der Waals surface area contributed by atoms with E-state index in [0.717, 1.165) is 40.5 Å². The average molecular weight is 1020 g/mol. The Hall–Kier alpha value is -9.25. The van der Waals surface area contributed by atoms with Crippen molar-refractivity contribution in [3.63, 3.8) is 0 Å². The van der Waals surface area contributed by atoms with E-state index in [1.165, 1.54) is 127 Å². The zero-order valence-corrected chi connectivity index (χ0v) is 45.4. The molecule has 4 nitrogen and oxygen atoms in total. The van der Waals surface area contributed by atoms with Crippen LogP contribution in [-0.2, 0) is 17.3 Å². The summed E-state index contributed by atoms with van der Waals surface area (Å²) >= 11 is 0. The molecule has 0 radical (unpaired) electrons. The average Bonchev–Trinajstić information content (AvgIpc) is 4.13. The SMILES string of the molecule is CC(C)(C)c1ccc2c(c1)Oc1cc(-c3ccc(CC(C)(C)c4ccc5c(c4)Oc4cc(-c6ccccc6-c6ccccc6)cc6c4B5c4cccc5c7ccccc7n-6c45)cc3)cc3c1B2c1cccc2c4ccccc4n-3c12. The first-order chi connectivity index (χ1) is 39.0. The molecule has 13 aromatic rings. The predicted molar refractivity (Wildman–Crippen MR) is 336 cm³/mol. The highest BCUT2D eigenvalue weighted by Crippen LogP contribution is 2.44. The molecule has 0 N–H and O–H groups in total. The Kier molecular flexibility index (Phi) is 9.38. The lowest BCUT2D eigenvalue weighted by molar-refractivity contribution is 0.478. The maximum atomic E-state index is 7.32. The maximum Gasteiger partial charge on any atom is 0.256 e. The van der Waals surface area contributed by atoms with Gasteiger partial charge in [0.1, 0.15) is 23.0 Å². The molecule has 11 aromatic carbocycles. The van der Waals surface area contributed by atoms with Crippen LogP contribution >= 0.6 is 0 Å². The van der Waals surface area contributed by atoms with Crippen LogP contribution in [0.25, 0.3) is 88.4 Å². The number of rotatable bonds is 6. The molecule has 378 valence electrons. The van der Waals surface area contributed by atoms with E-state index in [2.05, 4.69) is 268 Å². The standard InChI is InChI=1S/C74H54B2N2O2/c1-73(2,3)49-33-35-57-65(41-49)79-67-39-47(37-63-69(67)75(57)59-25-15-23-55-53-21-11-13-27-61(53)77(63)71(55)59)45-31-29-44(30-32-45)43-74(4,5)50-34-36-58-66(42-50)80-68-40-48(52-20-10-9-19-51(52)46-17-7-6-8-18-46)38-64-70(68)76(58)60-26-16-24-56-54-22-12-14-28-62(54)78(64)72(56)60/h6-42H,43H2,1-5H3. The molecule has 0 unspecified atom stereocenters. The van der Waals surface area contributed by atoms with E-state index in [1.807, 2.05) is 0 Å². The Morgan fingerprint density at radius 1 is 0.362 bits per heavy atom. The molecule has 0 bridgehead atoms. The molecule has 0 spiro atoms. The normalized spacial score (nSPS) is 13.5. The van der Waals surface area contributed by atoms with Gasteiger partial charge in [-0.3, -0.25) is 0 Å². The number of para-hydroxylation sites is 4. The van der Waals surface area contributed by atoms with Crippen LogP contribution < -0.4 is 42.3 Å². The van der Waals surface area contributed by atoms with Crippen molar-refractivity contribution in [2.45, 2.75) is 51.9 Å². The van der Waals surface area contributed by atoms with E-state index in [9.17, 15) is 0 Å². The summed E-state index contributed by atoms with van der Waals surface area (Å²) in [6.07, 6.45) is 0.854. The van der Waals surface area contributed by atoms with Crippen molar-refractivity contribution >= 4 is 89.8 Å². The van der Waals surface area contributed by atoms with Gasteiger partial charge in [0.15, 0.2) is 0 Å². The second-order valence-corrected chi connectivity index (χ2v) is 24.5. The number of nitrogens with zero attached hydrogens (tertiary/aromatic N) is 2. The first-order valence-electron chi connectivity index (χ1n) is 28.3. The zero-order chi connectivity index (χ0) is 53.3. The number of aromatic nitrogens is 2. The topological polar surface area (TPSA) is 28.3 Å². The van der Waals surface area contributed by atoms with Crippen LogP contribution in [0.3, 0.4) is 0 Å². The fourth-order valence-electron chi connectivity index (χ4n) is 14.6. The van der Waals surface area contributed by atoms with Crippen LogP contribution in [0.2, 0.25) is 0 Å². The minimum absolute atomic E-state index is 0.00880. The molecular formula is C74H54B2N2O2. The molecule has 0 atom stereocenters. The molecule has 4 aliphatic heterocycles. The molecule has 0 amide bonds. The lowest BCUT2D eigenvalue weighted by Gasteiger charge is -2.35. The summed E-state index contributed by atoms with van der Waals surface area (Å²) in [6, 6.07) is 83.7. The highest BCUT2D eigenvalue weighted by Gasteiger charge is 2.43. The van der Waals surface area contributed by atoms with Gasteiger partial charge in [-0.15, -0.1) is 0 Å². The van der Waals surface area contributed by atoms with E-state index in [1.54, 1.807) is 0 Å². The second-order valence-electron chi connectivity index (χ2n) is 24.5. The molecule has 0 saturated carbocycles. The van der Waals surface area contributed by atoms with Crippen molar-refractivity contribution in [3.05, 3.63) is 241 Å². The first kappa shape index (κ1) is 45.7. The van der Waals surface area contributed by atoms with Gasteiger partial charge in [-0.1, -0.05) is 211 Å². The third kappa shape index (κ3) is 6.48. The molecule has 6 heteroatoms. The lowest BCUT2D eigenvalue weighted by Crippen LogP contribution is -2.58. The summed E-state index contributed by atoms with van der Waals surface area (Å²) in [6.45, 7) is 11.7. The number of hydrogen-bond acceptors (Lipinski definition) is 2. The molecule has 0 saturated heterocycles. The van der Waals surface area contributed by atoms with Crippen molar-refractivity contribution in [1.82, 2.24) is 9.13 Å². The maximum absolute atomic E-state index is 7.32. The quantitative estimate of drug-likeness (QED) is 0.155. The van der Waals surface area contributed by atoms with Crippen LogP contribution in [0.15, 0.2) is 224 Å². The Labute approximate surface area is 466 Å². The minimum atomic E-state index is -0.215. The zero-order valence-electron chi connectivity index (χ0n) is 45.4. The molecule has 0 aliphatic carbocycles. The number of hydrogen-bond donors (Lipinski definition) is 0. The van der Waals surface area contributed by atoms with Crippen LogP contribution in [-0.4, -0.2) is 22.6 Å². The number of ether oxygens (including phenoxy) is 2. The third-order valence-electron chi connectivity index (χ3n) is 18.4. The molecule has 17 rings (SSSR count). The molecule has 2 aromatic heterocycles. The Balaban J connectivity index is 0.750. The van der Waals surface area contributed by atoms with Crippen LogP contribution in [0.1, 0.15) is 51.3 Å². The van der Waals surface area contributed by atoms with Crippen molar-refractivity contribution < 1.29 is 9.47 Å². The monoisotopic (exact) mass is 1020 g/mol. The van der Waals surface area contributed by atoms with Crippen LogP contribution in [0.5, 0.6) is 23.0 Å². The van der Waals surface area contributed by atoms with Gasteiger partial charge < -0.3 is 18.6 Å². The summed E-state index contributed by atoms with van der Waals surface area (Å²) in [5, 5.41) is 5.11. The van der Waals surface area contributed by atoms with Crippen molar-refractivity contribution in [2.24, 2.45) is 0 Å². The Morgan fingerprint density at radius 2 is 0.850 bits per heavy atom. The van der Waals surface area contributed by atoms with Crippen LogP contribution in [0, 0.1) is 0 Å². The molecule has 0 fully saturated rings. The predicted octanol–water partition coefficient (Wildman–Crippen LogP) is 14.6.